The van der Waals surface area contributed by atoms with Gasteiger partial charge < -0.3 is 24.4 Å². The van der Waals surface area contributed by atoms with Gasteiger partial charge in [0, 0.05) is 19.3 Å². The summed E-state index contributed by atoms with van der Waals surface area (Å²) in [6, 6.07) is 0. The molecule has 2 heterocycles. The lowest BCUT2D eigenvalue weighted by atomic mass is 9.47. The number of esters is 2. The molecule has 37 heavy (non-hydrogen) atoms. The second kappa shape index (κ2) is 8.23. The Bertz CT molecular complexity index is 1110. The highest BCUT2D eigenvalue weighted by Crippen LogP contribution is 2.71. The zero-order valence-electron chi connectivity index (χ0n) is 22.1. The van der Waals surface area contributed by atoms with Crippen LogP contribution >= 0.6 is 0 Å². The molecule has 11 atom stereocenters. The van der Waals surface area contributed by atoms with Crippen LogP contribution in [0.3, 0.4) is 0 Å². The summed E-state index contributed by atoms with van der Waals surface area (Å²) in [5, 5.41) is 20.5. The normalized spacial score (nSPS) is 48.9. The van der Waals surface area contributed by atoms with Crippen LogP contribution in [0.15, 0.2) is 23.3 Å². The molecule has 1 saturated heterocycles. The summed E-state index contributed by atoms with van der Waals surface area (Å²) < 4.78 is 18.0. The third-order valence-electron chi connectivity index (χ3n) is 11.3. The lowest BCUT2D eigenvalue weighted by molar-refractivity contribution is -0.205. The van der Waals surface area contributed by atoms with Crippen LogP contribution in [-0.4, -0.2) is 64.1 Å². The number of hydrogen-bond donors (Lipinski definition) is 2. The zero-order valence-corrected chi connectivity index (χ0v) is 22.1. The van der Waals surface area contributed by atoms with E-state index in [1.807, 2.05) is 6.92 Å². The Balaban J connectivity index is 1.31. The highest BCUT2D eigenvalue weighted by atomic mass is 16.7. The number of carbonyl (C=O) groups excluding carboxylic acids is 3. The minimum Gasteiger partial charge on any atom is -0.458 e. The maximum atomic E-state index is 13.6. The molecular formula is C29H38O8. The number of carbonyl (C=O) groups is 3. The first-order valence-corrected chi connectivity index (χ1v) is 13.8. The van der Waals surface area contributed by atoms with Gasteiger partial charge in [-0.3, -0.25) is 9.59 Å². The molecule has 6 rings (SSSR count). The number of ether oxygens (including phenoxy) is 3. The Labute approximate surface area is 217 Å². The van der Waals surface area contributed by atoms with Crippen molar-refractivity contribution in [3.8, 4) is 0 Å². The third-order valence-corrected chi connectivity index (χ3v) is 11.3. The molecule has 0 aromatic heterocycles. The van der Waals surface area contributed by atoms with Crippen LogP contribution < -0.4 is 0 Å². The van der Waals surface area contributed by atoms with Crippen LogP contribution in [0.2, 0.25) is 0 Å². The van der Waals surface area contributed by atoms with Crippen LogP contribution in [0.25, 0.3) is 0 Å². The van der Waals surface area contributed by atoms with Gasteiger partial charge in [-0.1, -0.05) is 19.4 Å². The number of ketones is 1. The quantitative estimate of drug-likeness (QED) is 0.434. The number of fused-ring (bicyclic) bond motifs is 4. The number of hydrogen-bond acceptors (Lipinski definition) is 8. The van der Waals surface area contributed by atoms with E-state index in [1.165, 1.54) is 19.1 Å². The second-order valence-corrected chi connectivity index (χ2v) is 12.7. The highest BCUT2D eigenvalue weighted by molar-refractivity contribution is 6.02. The summed E-state index contributed by atoms with van der Waals surface area (Å²) in [5.74, 6) is -0.485. The summed E-state index contributed by atoms with van der Waals surface area (Å²) in [6.07, 6.45) is 6.27. The molecule has 3 saturated carbocycles. The number of aliphatic hydroxyl groups excluding tert-OH is 2. The van der Waals surface area contributed by atoms with Gasteiger partial charge in [0.05, 0.1) is 18.3 Å². The van der Waals surface area contributed by atoms with Crippen molar-refractivity contribution in [1.29, 1.82) is 0 Å². The van der Waals surface area contributed by atoms with Crippen molar-refractivity contribution in [3.63, 3.8) is 0 Å². The lowest BCUT2D eigenvalue weighted by Gasteiger charge is -2.58. The molecule has 0 radical (unpaired) electrons. The van der Waals surface area contributed by atoms with Crippen LogP contribution in [-0.2, 0) is 28.6 Å². The Kier molecular flexibility index (Phi) is 5.62. The monoisotopic (exact) mass is 514 g/mol. The summed E-state index contributed by atoms with van der Waals surface area (Å²) >= 11 is 0. The number of aliphatic hydroxyl groups is 2. The van der Waals surface area contributed by atoms with Gasteiger partial charge in [0.1, 0.15) is 12.2 Å². The predicted molar refractivity (Wildman–Crippen MR) is 131 cm³/mol. The molecule has 2 aliphatic heterocycles. The van der Waals surface area contributed by atoms with E-state index in [-0.39, 0.29) is 47.8 Å². The molecule has 202 valence electrons. The standard InChI is InChI=1S/C29H38O8/c1-14-11-22(35-26(34)18(14)13-30)15(2)19-5-6-20-17-12-25-29(37-25)24(33)8-7-23(32)28(29,36-16(3)31)21(17)9-10-27(19,20)4/h7-8,15,17,19-22,24-25,30,33H,5-6,9-13H2,1-4H3/t15-,17-,19+,20-,21-,22+,24-,25+,27+,28+,29+/m0/s1. The van der Waals surface area contributed by atoms with E-state index >= 15 is 0 Å². The first-order chi connectivity index (χ1) is 17.5. The van der Waals surface area contributed by atoms with Gasteiger partial charge >= 0.3 is 11.9 Å². The molecule has 2 N–H and O–H groups in total. The molecule has 4 fully saturated rings. The second-order valence-electron chi connectivity index (χ2n) is 12.7. The largest absolute Gasteiger partial charge is 0.458 e. The van der Waals surface area contributed by atoms with Gasteiger partial charge in [-0.05, 0) is 80.3 Å². The van der Waals surface area contributed by atoms with E-state index in [0.29, 0.717) is 30.3 Å². The molecule has 0 aromatic rings. The first-order valence-electron chi connectivity index (χ1n) is 13.8. The van der Waals surface area contributed by atoms with E-state index in [1.54, 1.807) is 0 Å². The lowest BCUT2D eigenvalue weighted by Crippen LogP contribution is -2.71. The van der Waals surface area contributed by atoms with Crippen molar-refractivity contribution in [1.82, 2.24) is 0 Å². The third kappa shape index (κ3) is 3.15. The van der Waals surface area contributed by atoms with Crippen molar-refractivity contribution < 1.29 is 38.8 Å². The summed E-state index contributed by atoms with van der Waals surface area (Å²) in [6.45, 7) is 7.46. The van der Waals surface area contributed by atoms with Crippen molar-refractivity contribution in [3.05, 3.63) is 23.3 Å². The average Bonchev–Trinajstić information content (AvgIpc) is 3.47. The van der Waals surface area contributed by atoms with Crippen LogP contribution in [0.4, 0.5) is 0 Å². The first kappa shape index (κ1) is 25.3. The number of epoxide rings is 1. The molecule has 0 aromatic carbocycles. The maximum absolute atomic E-state index is 13.6. The highest BCUT2D eigenvalue weighted by Gasteiger charge is 2.84. The maximum Gasteiger partial charge on any atom is 0.336 e. The Morgan fingerprint density at radius 2 is 2.00 bits per heavy atom. The summed E-state index contributed by atoms with van der Waals surface area (Å²) in [7, 11) is 0. The van der Waals surface area contributed by atoms with Crippen LogP contribution in [0.1, 0.15) is 66.2 Å². The smallest absolute Gasteiger partial charge is 0.336 e. The Morgan fingerprint density at radius 1 is 1.24 bits per heavy atom. The summed E-state index contributed by atoms with van der Waals surface area (Å²) in [5.41, 5.74) is -1.39. The molecule has 0 unspecified atom stereocenters. The molecule has 0 amide bonds. The number of cyclic esters (lactones) is 1. The van der Waals surface area contributed by atoms with Gasteiger partial charge in [0.25, 0.3) is 0 Å². The predicted octanol–water partition coefficient (Wildman–Crippen LogP) is 2.65. The van der Waals surface area contributed by atoms with Gasteiger partial charge in [0.2, 0.25) is 11.4 Å². The molecule has 6 aliphatic rings. The van der Waals surface area contributed by atoms with Crippen molar-refractivity contribution >= 4 is 17.7 Å². The molecule has 8 nitrogen and oxygen atoms in total. The minimum absolute atomic E-state index is 0.0136. The molecule has 4 aliphatic carbocycles. The van der Waals surface area contributed by atoms with E-state index in [9.17, 15) is 24.6 Å². The van der Waals surface area contributed by atoms with Crippen LogP contribution in [0.5, 0.6) is 0 Å². The number of rotatable bonds is 4. The molecule has 8 heteroatoms. The topological polar surface area (TPSA) is 123 Å². The van der Waals surface area contributed by atoms with E-state index < -0.39 is 29.2 Å². The van der Waals surface area contributed by atoms with E-state index in [0.717, 1.165) is 31.3 Å². The van der Waals surface area contributed by atoms with Gasteiger partial charge in [-0.25, -0.2) is 4.79 Å². The van der Waals surface area contributed by atoms with Crippen molar-refractivity contribution in [2.24, 2.45) is 35.0 Å². The fraction of sp³-hybridized carbons (Fsp3) is 0.759. The van der Waals surface area contributed by atoms with Gasteiger partial charge in [0.15, 0.2) is 5.60 Å². The summed E-state index contributed by atoms with van der Waals surface area (Å²) in [4.78, 5) is 38.4. The van der Waals surface area contributed by atoms with Crippen molar-refractivity contribution in [2.75, 3.05) is 6.61 Å². The molecule has 0 bridgehead atoms. The van der Waals surface area contributed by atoms with Crippen LogP contribution in [0, 0.1) is 35.0 Å². The van der Waals surface area contributed by atoms with E-state index in [4.69, 9.17) is 14.2 Å². The molecule has 1 spiro atoms. The molecular weight excluding hydrogens is 476 g/mol. The fourth-order valence-corrected chi connectivity index (χ4v) is 9.65. The average molecular weight is 515 g/mol. The van der Waals surface area contributed by atoms with Gasteiger partial charge in [-0.2, -0.15) is 0 Å². The van der Waals surface area contributed by atoms with Gasteiger partial charge in [-0.15, -0.1) is 0 Å². The van der Waals surface area contributed by atoms with E-state index in [2.05, 4.69) is 13.8 Å². The Hall–Kier alpha value is -2.03. The Morgan fingerprint density at radius 3 is 2.68 bits per heavy atom. The minimum atomic E-state index is -1.48. The SMILES string of the molecule is CC(=O)O[C@]12C(=O)C=C[C@H](O)[C@]13O[C@@H]3C[C@H]1[C@@H]3CC[C@H]([C@H](C)[C@H]4CC(C)=C(CO)C(=O)O4)[C@@]3(C)CC[C@@H]12. The zero-order chi connectivity index (χ0) is 26.5. The van der Waals surface area contributed by atoms with Crippen molar-refractivity contribution in [2.45, 2.75) is 95.7 Å². The fourth-order valence-electron chi connectivity index (χ4n) is 9.65.